The summed E-state index contributed by atoms with van der Waals surface area (Å²) in [4.78, 5) is 0. The molecule has 0 spiro atoms. The molecule has 0 radical (unpaired) electrons. The molecule has 1 aliphatic heterocycles. The number of sulfonamides is 1. The van der Waals surface area contributed by atoms with Gasteiger partial charge in [0.05, 0.1) is 0 Å². The van der Waals surface area contributed by atoms with Crippen molar-refractivity contribution < 1.29 is 8.42 Å². The number of hydrogen-bond donors (Lipinski definition) is 1. The molecule has 1 atom stereocenters. The summed E-state index contributed by atoms with van der Waals surface area (Å²) in [5, 5.41) is 1.25. The number of rotatable bonds is 4. The van der Waals surface area contributed by atoms with E-state index in [4.69, 9.17) is 0 Å². The van der Waals surface area contributed by atoms with E-state index in [0.717, 1.165) is 29.9 Å². The molecule has 0 aliphatic carbocycles. The van der Waals surface area contributed by atoms with Crippen LogP contribution in [0.15, 0.2) is 35.7 Å². The van der Waals surface area contributed by atoms with Crippen LogP contribution in [-0.4, -0.2) is 26.0 Å². The highest BCUT2D eigenvalue weighted by Crippen LogP contribution is 2.17. The lowest BCUT2D eigenvalue weighted by molar-refractivity contribution is 0.550. The van der Waals surface area contributed by atoms with Crippen molar-refractivity contribution in [2.24, 2.45) is 0 Å². The van der Waals surface area contributed by atoms with Gasteiger partial charge in [0.1, 0.15) is 0 Å². The summed E-state index contributed by atoms with van der Waals surface area (Å²) >= 11 is 1.81. The fourth-order valence-electron chi connectivity index (χ4n) is 1.84. The average molecular weight is 283 g/mol. The first-order valence-corrected chi connectivity index (χ1v) is 8.69. The molecular formula is C13H17NO2S2. The van der Waals surface area contributed by atoms with Crippen LogP contribution in [0.2, 0.25) is 0 Å². The summed E-state index contributed by atoms with van der Waals surface area (Å²) in [5.74, 6) is 2.01. The third-order valence-electron chi connectivity index (χ3n) is 2.73. The predicted octanol–water partition coefficient (Wildman–Crippen LogP) is 2.47. The van der Waals surface area contributed by atoms with Crippen LogP contribution in [0.5, 0.6) is 0 Å². The van der Waals surface area contributed by atoms with E-state index >= 15 is 0 Å². The van der Waals surface area contributed by atoms with Gasteiger partial charge in [-0.15, -0.1) is 0 Å². The molecule has 1 aliphatic rings. The first-order valence-electron chi connectivity index (χ1n) is 5.99. The predicted molar refractivity (Wildman–Crippen MR) is 77.9 cm³/mol. The Morgan fingerprint density at radius 1 is 1.28 bits per heavy atom. The monoisotopic (exact) mass is 283 g/mol. The van der Waals surface area contributed by atoms with E-state index in [-0.39, 0.29) is 6.04 Å². The molecule has 0 aromatic heterocycles. The van der Waals surface area contributed by atoms with Crippen molar-refractivity contribution in [3.63, 3.8) is 0 Å². The Morgan fingerprint density at radius 2 is 2.06 bits per heavy atom. The minimum absolute atomic E-state index is 0.0779. The highest BCUT2D eigenvalue weighted by molar-refractivity contribution is 7.99. The van der Waals surface area contributed by atoms with Crippen LogP contribution < -0.4 is 4.72 Å². The van der Waals surface area contributed by atoms with Crippen molar-refractivity contribution in [2.45, 2.75) is 18.9 Å². The molecule has 0 saturated carbocycles. The van der Waals surface area contributed by atoms with E-state index in [2.05, 4.69) is 4.72 Å². The van der Waals surface area contributed by atoms with Gasteiger partial charge in [0.25, 0.3) is 0 Å². The number of benzene rings is 1. The van der Waals surface area contributed by atoms with Crippen LogP contribution in [0.3, 0.4) is 0 Å². The van der Waals surface area contributed by atoms with Crippen molar-refractivity contribution in [1.29, 1.82) is 0 Å². The Balaban J connectivity index is 1.96. The van der Waals surface area contributed by atoms with Crippen LogP contribution in [-0.2, 0) is 10.0 Å². The van der Waals surface area contributed by atoms with E-state index in [0.29, 0.717) is 0 Å². The van der Waals surface area contributed by atoms with Gasteiger partial charge in [0, 0.05) is 17.2 Å². The van der Waals surface area contributed by atoms with Gasteiger partial charge in [-0.1, -0.05) is 30.3 Å². The first-order chi connectivity index (χ1) is 8.66. The normalized spacial score (nSPS) is 21.2. The summed E-state index contributed by atoms with van der Waals surface area (Å²) in [6, 6.07) is 9.51. The van der Waals surface area contributed by atoms with Crippen molar-refractivity contribution >= 4 is 27.9 Å². The minimum Gasteiger partial charge on any atom is -0.208 e. The lowest BCUT2D eigenvalue weighted by Gasteiger charge is -2.21. The Morgan fingerprint density at radius 3 is 2.72 bits per heavy atom. The topological polar surface area (TPSA) is 46.2 Å². The van der Waals surface area contributed by atoms with Crippen LogP contribution >= 0.6 is 11.8 Å². The summed E-state index contributed by atoms with van der Waals surface area (Å²) in [7, 11) is -3.32. The molecular weight excluding hydrogens is 266 g/mol. The van der Waals surface area contributed by atoms with Crippen molar-refractivity contribution in [2.75, 3.05) is 11.5 Å². The molecule has 1 saturated heterocycles. The van der Waals surface area contributed by atoms with E-state index in [9.17, 15) is 8.42 Å². The maximum atomic E-state index is 11.9. The molecule has 3 nitrogen and oxygen atoms in total. The van der Waals surface area contributed by atoms with Gasteiger partial charge in [-0.05, 0) is 30.2 Å². The van der Waals surface area contributed by atoms with Gasteiger partial charge in [-0.2, -0.15) is 11.8 Å². The van der Waals surface area contributed by atoms with E-state index in [1.807, 2.05) is 42.1 Å². The molecule has 1 aromatic rings. The summed E-state index contributed by atoms with van der Waals surface area (Å²) in [6.45, 7) is 0. The molecule has 2 rings (SSSR count). The smallest absolute Gasteiger partial charge is 0.208 e. The largest absolute Gasteiger partial charge is 0.234 e. The minimum atomic E-state index is -3.32. The molecule has 98 valence electrons. The molecule has 1 unspecified atom stereocenters. The zero-order chi connectivity index (χ0) is 12.8. The Hall–Kier alpha value is -0.780. The summed E-state index contributed by atoms with van der Waals surface area (Å²) < 4.78 is 26.5. The SMILES string of the molecule is O=S(=O)(/C=C/c1ccccc1)NC1CCCSC1. The molecule has 1 fully saturated rings. The highest BCUT2D eigenvalue weighted by atomic mass is 32.2. The second kappa shape index (κ2) is 6.41. The maximum Gasteiger partial charge on any atom is 0.234 e. The van der Waals surface area contributed by atoms with Crippen LogP contribution in [0.4, 0.5) is 0 Å². The zero-order valence-electron chi connectivity index (χ0n) is 10.1. The maximum absolute atomic E-state index is 11.9. The third-order valence-corrected chi connectivity index (χ3v) is 5.10. The van der Waals surface area contributed by atoms with Gasteiger partial charge >= 0.3 is 0 Å². The fourth-order valence-corrected chi connectivity index (χ4v) is 4.10. The lowest BCUT2D eigenvalue weighted by Crippen LogP contribution is -2.37. The van der Waals surface area contributed by atoms with Gasteiger partial charge in [-0.25, -0.2) is 13.1 Å². The zero-order valence-corrected chi connectivity index (χ0v) is 11.7. The molecule has 0 bridgehead atoms. The van der Waals surface area contributed by atoms with Gasteiger partial charge in [0.2, 0.25) is 10.0 Å². The second-order valence-electron chi connectivity index (χ2n) is 4.29. The van der Waals surface area contributed by atoms with Gasteiger partial charge in [-0.3, -0.25) is 0 Å². The summed E-state index contributed by atoms with van der Waals surface area (Å²) in [5.41, 5.74) is 0.890. The van der Waals surface area contributed by atoms with Crippen LogP contribution in [0, 0.1) is 0 Å². The molecule has 18 heavy (non-hydrogen) atoms. The fraction of sp³-hybridized carbons (Fsp3) is 0.385. The van der Waals surface area contributed by atoms with Crippen molar-refractivity contribution in [1.82, 2.24) is 4.72 Å². The van der Waals surface area contributed by atoms with Crippen LogP contribution in [0.25, 0.3) is 6.08 Å². The number of nitrogens with one attached hydrogen (secondary N) is 1. The average Bonchev–Trinajstić information content (AvgIpc) is 2.38. The van der Waals surface area contributed by atoms with Crippen molar-refractivity contribution in [3.8, 4) is 0 Å². The lowest BCUT2D eigenvalue weighted by atomic mass is 10.2. The molecule has 1 N–H and O–H groups in total. The molecule has 5 heteroatoms. The van der Waals surface area contributed by atoms with Gasteiger partial charge in [0.15, 0.2) is 0 Å². The standard InChI is InChI=1S/C13H17NO2S2/c15-18(16,14-13-7-4-9-17-11-13)10-8-12-5-2-1-3-6-12/h1-3,5-6,8,10,13-14H,4,7,9,11H2/b10-8+. The Kier molecular flexibility index (Phi) is 4.86. The van der Waals surface area contributed by atoms with E-state index in [1.165, 1.54) is 5.41 Å². The highest BCUT2D eigenvalue weighted by Gasteiger charge is 2.18. The molecule has 1 heterocycles. The van der Waals surface area contributed by atoms with E-state index < -0.39 is 10.0 Å². The number of thioether (sulfide) groups is 1. The van der Waals surface area contributed by atoms with Crippen molar-refractivity contribution in [3.05, 3.63) is 41.3 Å². The quantitative estimate of drug-likeness (QED) is 0.923. The number of hydrogen-bond acceptors (Lipinski definition) is 3. The van der Waals surface area contributed by atoms with Crippen LogP contribution in [0.1, 0.15) is 18.4 Å². The Labute approximate surface area is 113 Å². The first kappa shape index (κ1) is 13.6. The Bertz CT molecular complexity index is 491. The summed E-state index contributed by atoms with van der Waals surface area (Å²) in [6.07, 6.45) is 3.64. The second-order valence-corrected chi connectivity index (χ2v) is 7.04. The third kappa shape index (κ3) is 4.48. The van der Waals surface area contributed by atoms with E-state index in [1.54, 1.807) is 6.08 Å². The van der Waals surface area contributed by atoms with Gasteiger partial charge < -0.3 is 0 Å². The molecule has 1 aromatic carbocycles. The molecule has 0 amide bonds.